The zero-order valence-electron chi connectivity index (χ0n) is 34.8. The lowest BCUT2D eigenvalue weighted by Gasteiger charge is -2.33. The second-order valence-corrected chi connectivity index (χ2v) is 15.6. The second-order valence-electron chi connectivity index (χ2n) is 15.2. The molecular formula is C42H50N6O16S. The first-order valence-corrected chi connectivity index (χ1v) is 20.6. The lowest BCUT2D eigenvalue weighted by molar-refractivity contribution is -0.151. The Bertz CT molecular complexity index is 2050. The number of carboxylic acid groups (broad SMARTS) is 4. The van der Waals surface area contributed by atoms with E-state index in [9.17, 15) is 78.0 Å². The average Bonchev–Trinajstić information content (AvgIpc) is 3.25. The summed E-state index contributed by atoms with van der Waals surface area (Å²) in [4.78, 5) is 152. The van der Waals surface area contributed by atoms with Crippen molar-refractivity contribution in [3.05, 3.63) is 71.8 Å². The maximum absolute atomic E-state index is 14.6. The summed E-state index contributed by atoms with van der Waals surface area (Å²) >= 11 is 3.51. The molecule has 1 saturated carbocycles. The van der Waals surface area contributed by atoms with E-state index in [0.29, 0.717) is 36.8 Å². The molecule has 7 atom stereocenters. The minimum absolute atomic E-state index is 0.215. The van der Waals surface area contributed by atoms with Gasteiger partial charge in [0.05, 0.1) is 18.9 Å². The molecule has 0 spiro atoms. The number of thiol groups is 1. The highest BCUT2D eigenvalue weighted by Gasteiger charge is 2.41. The number of benzene rings is 2. The molecule has 0 aliphatic heterocycles. The number of aliphatic carboxylic acids is 4. The fourth-order valence-electron chi connectivity index (χ4n) is 7.30. The normalized spacial score (nSPS) is 15.7. The molecule has 2 aromatic rings. The number of carbonyl (C=O) groups excluding carboxylic acids is 8. The van der Waals surface area contributed by atoms with Gasteiger partial charge in [-0.25, -0.2) is 9.59 Å². The van der Waals surface area contributed by atoms with Gasteiger partial charge in [-0.15, -0.1) is 12.6 Å². The largest absolute Gasteiger partial charge is 0.481 e. The Morgan fingerprint density at radius 3 is 1.66 bits per heavy atom. The molecule has 1 unspecified atom stereocenters. The highest BCUT2D eigenvalue weighted by Crippen LogP contribution is 2.30. The van der Waals surface area contributed by atoms with Gasteiger partial charge < -0.3 is 57.1 Å². The Balaban J connectivity index is 2.07. The van der Waals surface area contributed by atoms with Crippen LogP contribution in [0.1, 0.15) is 75.3 Å². The van der Waals surface area contributed by atoms with Crippen LogP contribution in [0.3, 0.4) is 0 Å². The molecule has 1 aliphatic rings. The molecule has 0 bridgehead atoms. The van der Waals surface area contributed by atoms with Crippen molar-refractivity contribution in [2.24, 2.45) is 11.8 Å². The number of amides is 6. The SMILES string of the molecule is CC(=O)N[C@H](C=O)CC(=O)N[C@H](CC(C(=O)O)C(=O)N[C@H](C(=O)N[C@@H](CC(=O)O)C(=O)N[C@H](C(=O)N[C@H](C(=O)O)C(=O)S)C1CCCCC1)C(c1ccccc1)c1ccccc1)C(=O)O. The van der Waals surface area contributed by atoms with Crippen molar-refractivity contribution < 1.29 is 78.0 Å². The monoisotopic (exact) mass is 926 g/mol. The molecule has 10 N–H and O–H groups in total. The summed E-state index contributed by atoms with van der Waals surface area (Å²) in [5.74, 6) is -18.1. The lowest BCUT2D eigenvalue weighted by atomic mass is 9.83. The van der Waals surface area contributed by atoms with E-state index < -0.39 is 138 Å². The molecule has 1 fully saturated rings. The smallest absolute Gasteiger partial charge is 0.335 e. The number of rotatable bonds is 25. The number of hydrogen-bond acceptors (Lipinski definition) is 12. The van der Waals surface area contributed by atoms with Crippen molar-refractivity contribution in [1.82, 2.24) is 31.9 Å². The zero-order chi connectivity index (χ0) is 48.4. The summed E-state index contributed by atoms with van der Waals surface area (Å²) in [6.45, 7) is 1.06. The number of carboxylic acids is 4. The summed E-state index contributed by atoms with van der Waals surface area (Å²) in [5.41, 5.74) is 0.677. The molecule has 0 aromatic heterocycles. The molecule has 0 heterocycles. The van der Waals surface area contributed by atoms with Gasteiger partial charge in [-0.05, 0) is 29.9 Å². The Kier molecular flexibility index (Phi) is 20.2. The van der Waals surface area contributed by atoms with Crippen LogP contribution in [-0.2, 0) is 57.5 Å². The van der Waals surface area contributed by atoms with Crippen molar-refractivity contribution in [2.75, 3.05) is 0 Å². The van der Waals surface area contributed by atoms with Crippen molar-refractivity contribution in [1.29, 1.82) is 0 Å². The van der Waals surface area contributed by atoms with E-state index >= 15 is 0 Å². The molecule has 2 aromatic carbocycles. The van der Waals surface area contributed by atoms with Gasteiger partial charge in [0.1, 0.15) is 36.4 Å². The van der Waals surface area contributed by atoms with E-state index in [0.717, 1.165) is 13.3 Å². The van der Waals surface area contributed by atoms with Gasteiger partial charge in [-0.1, -0.05) is 79.9 Å². The molecule has 1 aliphatic carbocycles. The minimum atomic E-state index is -2.30. The maximum atomic E-state index is 14.6. The van der Waals surface area contributed by atoms with Crippen LogP contribution in [0.5, 0.6) is 0 Å². The van der Waals surface area contributed by atoms with Crippen LogP contribution in [0.15, 0.2) is 60.7 Å². The van der Waals surface area contributed by atoms with Crippen molar-refractivity contribution in [3.63, 3.8) is 0 Å². The molecule has 23 heteroatoms. The molecule has 65 heavy (non-hydrogen) atoms. The molecule has 0 saturated heterocycles. The van der Waals surface area contributed by atoms with Crippen LogP contribution in [0.4, 0.5) is 0 Å². The second kappa shape index (κ2) is 25.2. The van der Waals surface area contributed by atoms with E-state index in [4.69, 9.17) is 0 Å². The number of hydrogen-bond donors (Lipinski definition) is 11. The fraction of sp³-hybridized carbons (Fsp3) is 0.429. The van der Waals surface area contributed by atoms with Gasteiger partial charge in [-0.2, -0.15) is 0 Å². The first kappa shape index (κ1) is 52.2. The van der Waals surface area contributed by atoms with Gasteiger partial charge in [0.2, 0.25) is 40.6 Å². The fourth-order valence-corrected chi connectivity index (χ4v) is 7.48. The standard InChI is InChI=1S/C42H50N6O16S/c1-21(50)43-25(20-49)17-29(51)44-28(40(60)61)18-26(39(58)59)35(54)47-33(31(22-11-5-2-6-12-22)23-13-7-3-8-14-23)38(57)45-27(19-30(52)53)36(55)46-32(24-15-9-4-10-16-24)37(56)48-34(41(62)63)42(64)65/h2-3,5-8,11-14,20,24-28,31-34H,4,9-10,15-19H2,1H3,(H,43,50)(H,44,51)(H,45,57)(H,46,55)(H,47,54)(H,48,56)(H,52,53)(H,58,59)(H,60,61)(H,62,63)(H,64,65)/t25-,26?,27-,28+,32-,33-,34+/m0/s1. The van der Waals surface area contributed by atoms with Crippen LogP contribution >= 0.6 is 12.6 Å². The summed E-state index contributed by atoms with van der Waals surface area (Å²) in [5, 5.41) is 51.5. The van der Waals surface area contributed by atoms with Crippen molar-refractivity contribution >= 4 is 83.4 Å². The van der Waals surface area contributed by atoms with Crippen LogP contribution < -0.4 is 31.9 Å². The number of carbonyl (C=O) groups is 12. The van der Waals surface area contributed by atoms with E-state index in [1.807, 2.05) is 10.6 Å². The maximum Gasteiger partial charge on any atom is 0.335 e. The van der Waals surface area contributed by atoms with E-state index in [-0.39, 0.29) is 6.29 Å². The van der Waals surface area contributed by atoms with Crippen molar-refractivity contribution in [3.8, 4) is 0 Å². The first-order chi connectivity index (χ1) is 30.7. The Morgan fingerprint density at radius 2 is 1.20 bits per heavy atom. The summed E-state index contributed by atoms with van der Waals surface area (Å²) in [6.07, 6.45) is -0.0588. The Morgan fingerprint density at radius 1 is 0.631 bits per heavy atom. The minimum Gasteiger partial charge on any atom is -0.481 e. The van der Waals surface area contributed by atoms with E-state index in [1.54, 1.807) is 60.7 Å². The summed E-state index contributed by atoms with van der Waals surface area (Å²) in [7, 11) is 0. The number of aldehydes is 1. The predicted molar refractivity (Wildman–Crippen MR) is 227 cm³/mol. The van der Waals surface area contributed by atoms with Gasteiger partial charge in [-0.3, -0.25) is 43.2 Å². The van der Waals surface area contributed by atoms with E-state index in [2.05, 4.69) is 33.9 Å². The van der Waals surface area contributed by atoms with Crippen LogP contribution in [0.2, 0.25) is 0 Å². The van der Waals surface area contributed by atoms with Gasteiger partial charge in [0, 0.05) is 19.3 Å². The Hall–Kier alpha value is -7.17. The summed E-state index contributed by atoms with van der Waals surface area (Å²) < 4.78 is 0. The molecule has 22 nitrogen and oxygen atoms in total. The van der Waals surface area contributed by atoms with Crippen LogP contribution in [-0.4, -0.2) is 127 Å². The van der Waals surface area contributed by atoms with Crippen LogP contribution in [0, 0.1) is 11.8 Å². The predicted octanol–water partition coefficient (Wildman–Crippen LogP) is -0.892. The first-order valence-electron chi connectivity index (χ1n) is 20.2. The van der Waals surface area contributed by atoms with Crippen LogP contribution in [0.25, 0.3) is 0 Å². The third kappa shape index (κ3) is 16.2. The van der Waals surface area contributed by atoms with Gasteiger partial charge in [0.15, 0.2) is 6.04 Å². The molecule has 6 amide bonds. The van der Waals surface area contributed by atoms with Gasteiger partial charge >= 0.3 is 23.9 Å². The highest BCUT2D eigenvalue weighted by atomic mass is 32.1. The Labute approximate surface area is 376 Å². The average molecular weight is 927 g/mol. The molecule has 0 radical (unpaired) electrons. The van der Waals surface area contributed by atoms with Crippen molar-refractivity contribution in [2.45, 2.75) is 100 Å². The highest BCUT2D eigenvalue weighted by molar-refractivity contribution is 7.96. The van der Waals surface area contributed by atoms with E-state index in [1.165, 1.54) is 0 Å². The summed E-state index contributed by atoms with van der Waals surface area (Å²) in [6, 6.07) is 4.79. The molecule has 3 rings (SSSR count). The number of nitrogens with one attached hydrogen (secondary N) is 6. The molecule has 350 valence electrons. The van der Waals surface area contributed by atoms with Gasteiger partial charge in [0.25, 0.3) is 0 Å². The molecular weight excluding hydrogens is 877 g/mol. The quantitative estimate of drug-likeness (QED) is 0.0327. The lowest BCUT2D eigenvalue weighted by Crippen LogP contribution is -2.61. The topological polar surface area (TPSA) is 358 Å². The zero-order valence-corrected chi connectivity index (χ0v) is 35.7. The third-order valence-electron chi connectivity index (χ3n) is 10.4. The third-order valence-corrected chi connectivity index (χ3v) is 10.7.